The number of nitrogens with one attached hydrogen (secondary N) is 2. The highest BCUT2D eigenvalue weighted by molar-refractivity contribution is 7.99. The van der Waals surface area contributed by atoms with Gasteiger partial charge in [-0.3, -0.25) is 19.5 Å². The molecule has 2 N–H and O–H groups in total. The quantitative estimate of drug-likeness (QED) is 0.433. The van der Waals surface area contributed by atoms with Crippen LogP contribution in [0.5, 0.6) is 0 Å². The Balaban J connectivity index is 1.38. The molecule has 0 unspecified atom stereocenters. The molecule has 1 fully saturated rings. The second kappa shape index (κ2) is 9.65. The Morgan fingerprint density at radius 1 is 1.23 bits per heavy atom. The van der Waals surface area contributed by atoms with Crippen molar-refractivity contribution in [2.24, 2.45) is 7.05 Å². The molecule has 1 saturated carbocycles. The third-order valence-corrected chi connectivity index (χ3v) is 7.40. The summed E-state index contributed by atoms with van der Waals surface area (Å²) in [4.78, 5) is 43.1. The predicted octanol–water partition coefficient (Wildman–Crippen LogP) is 3.91. The summed E-state index contributed by atoms with van der Waals surface area (Å²) >= 11 is 2.82. The van der Waals surface area contributed by atoms with E-state index < -0.39 is 6.03 Å². The number of urea groups is 1. The number of nitrogens with zero attached hydrogens (tertiary/aromatic N) is 2. The Hall–Kier alpha value is -2.65. The monoisotopic (exact) mass is 456 g/mol. The van der Waals surface area contributed by atoms with Crippen molar-refractivity contribution >= 4 is 45.3 Å². The van der Waals surface area contributed by atoms with Crippen molar-refractivity contribution in [3.8, 4) is 10.4 Å². The smallest absolute Gasteiger partial charge is 0.321 e. The van der Waals surface area contributed by atoms with Crippen LogP contribution in [0, 0.1) is 0 Å². The van der Waals surface area contributed by atoms with Gasteiger partial charge in [-0.1, -0.05) is 54.9 Å². The summed E-state index contributed by atoms with van der Waals surface area (Å²) < 4.78 is 1.51. The lowest BCUT2D eigenvalue weighted by Gasteiger charge is -2.12. The van der Waals surface area contributed by atoms with Gasteiger partial charge in [0.25, 0.3) is 5.56 Å². The van der Waals surface area contributed by atoms with Gasteiger partial charge in [0.15, 0.2) is 5.16 Å². The number of hydrogen-bond donors (Lipinski definition) is 2. The summed E-state index contributed by atoms with van der Waals surface area (Å²) in [5.41, 5.74) is 0.945. The molecule has 9 heteroatoms. The highest BCUT2D eigenvalue weighted by Gasteiger charge is 2.18. The van der Waals surface area contributed by atoms with E-state index in [1.54, 1.807) is 7.05 Å². The molecule has 31 heavy (non-hydrogen) atoms. The largest absolute Gasteiger partial charge is 0.335 e. The summed E-state index contributed by atoms with van der Waals surface area (Å²) in [7, 11) is 1.69. The molecule has 0 bridgehead atoms. The first-order valence-electron chi connectivity index (χ1n) is 10.3. The molecule has 162 valence electrons. The van der Waals surface area contributed by atoms with E-state index in [4.69, 9.17) is 0 Å². The van der Waals surface area contributed by atoms with Gasteiger partial charge in [0.2, 0.25) is 5.91 Å². The fourth-order valence-electron chi connectivity index (χ4n) is 3.64. The summed E-state index contributed by atoms with van der Waals surface area (Å²) in [5, 5.41) is 6.37. The minimum atomic E-state index is -0.430. The van der Waals surface area contributed by atoms with Gasteiger partial charge >= 0.3 is 6.03 Å². The normalized spacial score (nSPS) is 14.1. The van der Waals surface area contributed by atoms with Crippen molar-refractivity contribution in [2.75, 3.05) is 5.75 Å². The van der Waals surface area contributed by atoms with Gasteiger partial charge in [-0.25, -0.2) is 9.78 Å². The van der Waals surface area contributed by atoms with Gasteiger partial charge in [0.1, 0.15) is 4.83 Å². The molecule has 2 aromatic heterocycles. The van der Waals surface area contributed by atoms with Crippen LogP contribution in [0.4, 0.5) is 4.79 Å². The molecule has 4 rings (SSSR count). The highest BCUT2D eigenvalue weighted by Crippen LogP contribution is 2.32. The zero-order chi connectivity index (χ0) is 21.8. The molecular formula is C22H24N4O3S2. The van der Waals surface area contributed by atoms with Crippen molar-refractivity contribution in [1.29, 1.82) is 0 Å². The molecule has 0 atom stereocenters. The second-order valence-corrected chi connectivity index (χ2v) is 9.65. The van der Waals surface area contributed by atoms with Gasteiger partial charge < -0.3 is 5.32 Å². The number of thioether (sulfide) groups is 1. The molecule has 0 saturated heterocycles. The van der Waals surface area contributed by atoms with Crippen LogP contribution >= 0.6 is 23.1 Å². The van der Waals surface area contributed by atoms with Crippen LogP contribution in [-0.4, -0.2) is 33.3 Å². The second-order valence-electron chi connectivity index (χ2n) is 7.56. The topological polar surface area (TPSA) is 93.1 Å². The fourth-order valence-corrected chi connectivity index (χ4v) is 5.62. The summed E-state index contributed by atoms with van der Waals surface area (Å²) in [5.74, 6) is 0.0854. The van der Waals surface area contributed by atoms with E-state index in [9.17, 15) is 14.4 Å². The Kier molecular flexibility index (Phi) is 6.72. The number of rotatable bonds is 6. The van der Waals surface area contributed by atoms with Crippen LogP contribution in [0.2, 0.25) is 0 Å². The van der Waals surface area contributed by atoms with Crippen LogP contribution in [0.3, 0.4) is 0 Å². The molecule has 7 nitrogen and oxygen atoms in total. The van der Waals surface area contributed by atoms with Crippen LogP contribution in [-0.2, 0) is 11.8 Å². The highest BCUT2D eigenvalue weighted by atomic mass is 32.2. The zero-order valence-electron chi connectivity index (χ0n) is 17.2. The van der Waals surface area contributed by atoms with Crippen LogP contribution < -0.4 is 16.2 Å². The van der Waals surface area contributed by atoms with Gasteiger partial charge in [-0.05, 0) is 24.5 Å². The Bertz CT molecular complexity index is 1150. The van der Waals surface area contributed by atoms with E-state index in [1.165, 1.54) is 27.7 Å². The van der Waals surface area contributed by atoms with Crippen LogP contribution in [0.25, 0.3) is 20.7 Å². The number of hydrogen-bond acceptors (Lipinski definition) is 6. The Labute approximate surface area is 188 Å². The van der Waals surface area contributed by atoms with E-state index in [0.29, 0.717) is 21.1 Å². The number of carbonyl (C=O) groups excluding carboxylic acids is 2. The van der Waals surface area contributed by atoms with Crippen LogP contribution in [0.15, 0.2) is 46.3 Å². The molecule has 3 aromatic rings. The van der Waals surface area contributed by atoms with E-state index in [0.717, 1.165) is 36.1 Å². The molecule has 2 heterocycles. The van der Waals surface area contributed by atoms with Gasteiger partial charge in [0.05, 0.1) is 5.39 Å². The maximum absolute atomic E-state index is 12.8. The lowest BCUT2D eigenvalue weighted by Crippen LogP contribution is -2.43. The Morgan fingerprint density at radius 2 is 1.97 bits per heavy atom. The maximum atomic E-state index is 12.8. The van der Waals surface area contributed by atoms with E-state index in [-0.39, 0.29) is 23.9 Å². The molecule has 3 amide bonds. The number of thiophene rings is 1. The minimum Gasteiger partial charge on any atom is -0.335 e. The average Bonchev–Trinajstić information content (AvgIpc) is 3.42. The number of aromatic nitrogens is 2. The van der Waals surface area contributed by atoms with E-state index in [1.807, 2.05) is 36.4 Å². The summed E-state index contributed by atoms with van der Waals surface area (Å²) in [6.45, 7) is 0. The number of fused-ring (bicyclic) bond motifs is 1. The number of imide groups is 1. The number of benzene rings is 1. The van der Waals surface area contributed by atoms with Gasteiger partial charge in [-0.2, -0.15) is 0 Å². The first kappa shape index (κ1) is 21.6. The summed E-state index contributed by atoms with van der Waals surface area (Å²) in [6, 6.07) is 11.5. The first-order valence-corrected chi connectivity index (χ1v) is 12.1. The van der Waals surface area contributed by atoms with Gasteiger partial charge in [0, 0.05) is 30.1 Å². The van der Waals surface area contributed by atoms with Gasteiger partial charge in [-0.15, -0.1) is 11.3 Å². The van der Waals surface area contributed by atoms with Crippen LogP contribution in [0.1, 0.15) is 32.1 Å². The Morgan fingerprint density at radius 3 is 2.71 bits per heavy atom. The molecule has 0 aliphatic heterocycles. The van der Waals surface area contributed by atoms with Crippen molar-refractivity contribution in [3.63, 3.8) is 0 Å². The van der Waals surface area contributed by atoms with Crippen molar-refractivity contribution in [2.45, 2.75) is 43.3 Å². The van der Waals surface area contributed by atoms with E-state index >= 15 is 0 Å². The molecule has 0 radical (unpaired) electrons. The number of amides is 3. The van der Waals surface area contributed by atoms with Crippen molar-refractivity contribution < 1.29 is 9.59 Å². The van der Waals surface area contributed by atoms with Crippen molar-refractivity contribution in [1.82, 2.24) is 20.2 Å². The SMILES string of the molecule is Cn1c(SCCC(=O)NC(=O)NC2CCCC2)nc2sc(-c3ccccc3)cc2c1=O. The zero-order valence-corrected chi connectivity index (χ0v) is 18.9. The lowest BCUT2D eigenvalue weighted by molar-refractivity contribution is -0.119. The standard InChI is InChI=1S/C22H24N4O3S2/c1-26-20(28)16-13-17(14-7-3-2-4-8-14)31-19(16)25-22(26)30-12-11-18(27)24-21(29)23-15-9-5-6-10-15/h2-4,7-8,13,15H,5-6,9-12H2,1H3,(H2,23,24,27,29). The first-order chi connectivity index (χ1) is 15.0. The third-order valence-electron chi connectivity index (χ3n) is 5.29. The molecule has 0 spiro atoms. The number of carbonyl (C=O) groups is 2. The molecule has 1 aliphatic rings. The van der Waals surface area contributed by atoms with Crippen molar-refractivity contribution in [3.05, 3.63) is 46.8 Å². The maximum Gasteiger partial charge on any atom is 0.321 e. The molecule has 1 aliphatic carbocycles. The molecule has 1 aromatic carbocycles. The van der Waals surface area contributed by atoms with E-state index in [2.05, 4.69) is 15.6 Å². The average molecular weight is 457 g/mol. The lowest BCUT2D eigenvalue weighted by atomic mass is 10.2. The molecular weight excluding hydrogens is 432 g/mol. The predicted molar refractivity (Wildman–Crippen MR) is 125 cm³/mol. The minimum absolute atomic E-state index is 0.105. The summed E-state index contributed by atoms with van der Waals surface area (Å²) in [6.07, 6.45) is 4.32. The third kappa shape index (κ3) is 5.16. The fraction of sp³-hybridized carbons (Fsp3) is 0.364.